The SMILES string of the molecule is COc1ccccc1-c1nc2cc(NC(=O)c3c(C(=O)O)cnn3C)ccn2n1. The molecule has 2 N–H and O–H groups in total. The minimum Gasteiger partial charge on any atom is -0.496 e. The molecule has 0 aliphatic carbocycles. The van der Waals surface area contributed by atoms with Crippen LogP contribution in [0.3, 0.4) is 0 Å². The van der Waals surface area contributed by atoms with E-state index in [4.69, 9.17) is 4.74 Å². The molecule has 0 atom stereocenters. The molecule has 0 radical (unpaired) electrons. The van der Waals surface area contributed by atoms with Crippen molar-refractivity contribution in [3.05, 3.63) is 60.0 Å². The summed E-state index contributed by atoms with van der Waals surface area (Å²) in [6.45, 7) is 0. The molecule has 0 unspecified atom stereocenters. The first-order valence-electron chi connectivity index (χ1n) is 8.54. The highest BCUT2D eigenvalue weighted by atomic mass is 16.5. The molecule has 4 rings (SSSR count). The zero-order valence-corrected chi connectivity index (χ0v) is 15.5. The average molecular weight is 392 g/mol. The smallest absolute Gasteiger partial charge is 0.339 e. The number of carboxylic acid groups (broad SMARTS) is 1. The van der Waals surface area contributed by atoms with Crippen LogP contribution < -0.4 is 10.1 Å². The number of fused-ring (bicyclic) bond motifs is 1. The van der Waals surface area contributed by atoms with Crippen LogP contribution in [0.25, 0.3) is 17.0 Å². The number of anilines is 1. The number of benzene rings is 1. The first kappa shape index (κ1) is 18.2. The van der Waals surface area contributed by atoms with Crippen molar-refractivity contribution in [3.8, 4) is 17.1 Å². The number of hydrogen-bond donors (Lipinski definition) is 2. The number of carbonyl (C=O) groups is 2. The fourth-order valence-corrected chi connectivity index (χ4v) is 2.96. The van der Waals surface area contributed by atoms with Crippen LogP contribution in [-0.4, -0.2) is 48.5 Å². The highest BCUT2D eigenvalue weighted by molar-refractivity contribution is 6.09. The number of pyridine rings is 1. The van der Waals surface area contributed by atoms with E-state index in [0.717, 1.165) is 11.8 Å². The third-order valence-electron chi connectivity index (χ3n) is 4.33. The molecule has 0 saturated heterocycles. The van der Waals surface area contributed by atoms with E-state index >= 15 is 0 Å². The number of aryl methyl sites for hydroxylation is 1. The zero-order chi connectivity index (χ0) is 20.5. The van der Waals surface area contributed by atoms with Crippen molar-refractivity contribution in [3.63, 3.8) is 0 Å². The van der Waals surface area contributed by atoms with E-state index in [1.807, 2.05) is 24.3 Å². The van der Waals surface area contributed by atoms with Crippen LogP contribution in [0.15, 0.2) is 48.8 Å². The lowest BCUT2D eigenvalue weighted by Crippen LogP contribution is -2.19. The summed E-state index contributed by atoms with van der Waals surface area (Å²) < 4.78 is 8.14. The van der Waals surface area contributed by atoms with Crippen molar-refractivity contribution in [1.29, 1.82) is 0 Å². The third-order valence-corrected chi connectivity index (χ3v) is 4.33. The second kappa shape index (κ2) is 7.08. The highest BCUT2D eigenvalue weighted by Crippen LogP contribution is 2.27. The Balaban J connectivity index is 1.66. The maximum absolute atomic E-state index is 12.6. The first-order chi connectivity index (χ1) is 14.0. The maximum Gasteiger partial charge on any atom is 0.339 e. The lowest BCUT2D eigenvalue weighted by atomic mass is 10.2. The fraction of sp³-hybridized carbons (Fsp3) is 0.105. The van der Waals surface area contributed by atoms with E-state index in [9.17, 15) is 14.7 Å². The summed E-state index contributed by atoms with van der Waals surface area (Å²) in [5, 5.41) is 20.2. The number of carbonyl (C=O) groups excluding carboxylic acids is 1. The number of rotatable bonds is 5. The average Bonchev–Trinajstić information content (AvgIpc) is 3.31. The van der Waals surface area contributed by atoms with Crippen LogP contribution in [0.5, 0.6) is 5.75 Å². The number of ether oxygens (including phenoxy) is 1. The zero-order valence-electron chi connectivity index (χ0n) is 15.5. The monoisotopic (exact) mass is 392 g/mol. The number of carboxylic acids is 1. The Morgan fingerprint density at radius 3 is 2.76 bits per heavy atom. The number of amides is 1. The van der Waals surface area contributed by atoms with E-state index in [2.05, 4.69) is 20.5 Å². The van der Waals surface area contributed by atoms with Crippen LogP contribution >= 0.6 is 0 Å². The lowest BCUT2D eigenvalue weighted by Gasteiger charge is -2.06. The van der Waals surface area contributed by atoms with Crippen LogP contribution in [0, 0.1) is 0 Å². The molecule has 0 aliphatic heterocycles. The van der Waals surface area contributed by atoms with Crippen molar-refractivity contribution in [2.45, 2.75) is 0 Å². The van der Waals surface area contributed by atoms with Gasteiger partial charge in [0.2, 0.25) is 0 Å². The quantitative estimate of drug-likeness (QED) is 0.533. The predicted octanol–water partition coefficient (Wildman–Crippen LogP) is 2.09. The van der Waals surface area contributed by atoms with Gasteiger partial charge in [0.05, 0.1) is 18.9 Å². The molecule has 3 aromatic heterocycles. The Kier molecular flexibility index (Phi) is 4.43. The van der Waals surface area contributed by atoms with Gasteiger partial charge in [-0.3, -0.25) is 9.48 Å². The van der Waals surface area contributed by atoms with Crippen molar-refractivity contribution in [1.82, 2.24) is 24.4 Å². The van der Waals surface area contributed by atoms with Crippen LogP contribution in [0.4, 0.5) is 5.69 Å². The lowest BCUT2D eigenvalue weighted by molar-refractivity contribution is 0.0692. The molecule has 0 bridgehead atoms. The summed E-state index contributed by atoms with van der Waals surface area (Å²) in [6, 6.07) is 10.7. The van der Waals surface area contributed by atoms with E-state index in [1.165, 1.54) is 11.7 Å². The Labute approximate surface area is 164 Å². The third kappa shape index (κ3) is 3.27. The fourth-order valence-electron chi connectivity index (χ4n) is 2.96. The number of para-hydroxylation sites is 1. The normalized spacial score (nSPS) is 10.8. The number of hydrogen-bond acceptors (Lipinski definition) is 6. The van der Waals surface area contributed by atoms with Gasteiger partial charge in [0, 0.05) is 25.0 Å². The summed E-state index contributed by atoms with van der Waals surface area (Å²) in [5.41, 5.74) is 1.47. The van der Waals surface area contributed by atoms with Crippen molar-refractivity contribution in [2.75, 3.05) is 12.4 Å². The van der Waals surface area contributed by atoms with Crippen molar-refractivity contribution < 1.29 is 19.4 Å². The van der Waals surface area contributed by atoms with Crippen LogP contribution in [-0.2, 0) is 7.05 Å². The van der Waals surface area contributed by atoms with Gasteiger partial charge in [-0.15, -0.1) is 5.10 Å². The maximum atomic E-state index is 12.6. The molecule has 0 spiro atoms. The van der Waals surface area contributed by atoms with Crippen LogP contribution in [0.1, 0.15) is 20.8 Å². The minimum atomic E-state index is -1.22. The predicted molar refractivity (Wildman–Crippen MR) is 103 cm³/mol. The molecule has 10 heteroatoms. The van der Waals surface area contributed by atoms with Gasteiger partial charge in [-0.2, -0.15) is 5.10 Å². The van der Waals surface area contributed by atoms with Gasteiger partial charge in [0.15, 0.2) is 11.5 Å². The van der Waals surface area contributed by atoms with E-state index in [0.29, 0.717) is 22.9 Å². The molecule has 29 heavy (non-hydrogen) atoms. The largest absolute Gasteiger partial charge is 0.496 e. The summed E-state index contributed by atoms with van der Waals surface area (Å²) in [6.07, 6.45) is 2.79. The van der Waals surface area contributed by atoms with E-state index < -0.39 is 11.9 Å². The molecule has 1 amide bonds. The number of nitrogens with zero attached hydrogens (tertiary/aromatic N) is 5. The van der Waals surface area contributed by atoms with Gasteiger partial charge < -0.3 is 15.2 Å². The van der Waals surface area contributed by atoms with Crippen LogP contribution in [0.2, 0.25) is 0 Å². The number of methoxy groups -OCH3 is 1. The van der Waals surface area contributed by atoms with Gasteiger partial charge in [-0.25, -0.2) is 14.3 Å². The Morgan fingerprint density at radius 1 is 1.21 bits per heavy atom. The summed E-state index contributed by atoms with van der Waals surface area (Å²) in [4.78, 5) is 28.4. The molecule has 3 heterocycles. The van der Waals surface area contributed by atoms with Gasteiger partial charge in [0.25, 0.3) is 5.91 Å². The molecule has 10 nitrogen and oxygen atoms in total. The van der Waals surface area contributed by atoms with Crippen molar-refractivity contribution >= 4 is 23.2 Å². The number of aromatic carboxylic acids is 1. The molecule has 4 aromatic rings. The van der Waals surface area contributed by atoms with Crippen molar-refractivity contribution in [2.24, 2.45) is 7.05 Å². The Bertz CT molecular complexity index is 1240. The number of nitrogens with one attached hydrogen (secondary N) is 1. The van der Waals surface area contributed by atoms with E-state index in [-0.39, 0.29) is 11.3 Å². The minimum absolute atomic E-state index is 0.0476. The molecule has 0 fully saturated rings. The topological polar surface area (TPSA) is 124 Å². The summed E-state index contributed by atoms with van der Waals surface area (Å²) >= 11 is 0. The number of aromatic nitrogens is 5. The molecular formula is C19H16N6O4. The molecule has 0 saturated carbocycles. The first-order valence-corrected chi connectivity index (χ1v) is 8.54. The Hall–Kier alpha value is -4.21. The van der Waals surface area contributed by atoms with Gasteiger partial charge in [-0.05, 0) is 18.2 Å². The molecule has 1 aromatic carbocycles. The standard InChI is InChI=1S/C19H16N6O4/c1-24-16(13(10-20-24)19(27)28)18(26)21-11-7-8-25-15(9-11)22-17(23-25)12-5-3-4-6-14(12)29-2/h3-10H,1-2H3,(H,21,26)(H,27,28). The summed E-state index contributed by atoms with van der Waals surface area (Å²) in [5.74, 6) is -0.686. The highest BCUT2D eigenvalue weighted by Gasteiger charge is 2.22. The van der Waals surface area contributed by atoms with E-state index in [1.54, 1.807) is 30.0 Å². The molecule has 0 aliphatic rings. The van der Waals surface area contributed by atoms with Gasteiger partial charge in [-0.1, -0.05) is 12.1 Å². The van der Waals surface area contributed by atoms with Gasteiger partial charge in [0.1, 0.15) is 17.0 Å². The molecule has 146 valence electrons. The second-order valence-electron chi connectivity index (χ2n) is 6.14. The molecular weight excluding hydrogens is 376 g/mol. The summed E-state index contributed by atoms with van der Waals surface area (Å²) in [7, 11) is 3.08. The van der Waals surface area contributed by atoms with Gasteiger partial charge >= 0.3 is 5.97 Å². The Morgan fingerprint density at radius 2 is 2.00 bits per heavy atom. The second-order valence-corrected chi connectivity index (χ2v) is 6.14.